The van der Waals surface area contributed by atoms with Crippen molar-refractivity contribution >= 4 is 37.6 Å². The van der Waals surface area contributed by atoms with Crippen LogP contribution >= 0.6 is 11.3 Å². The molecule has 0 saturated heterocycles. The molecule has 0 fully saturated rings. The van der Waals surface area contributed by atoms with E-state index in [1.54, 1.807) is 14.0 Å². The molecule has 114 valence electrons. The van der Waals surface area contributed by atoms with Crippen molar-refractivity contribution in [1.29, 1.82) is 0 Å². The summed E-state index contributed by atoms with van der Waals surface area (Å²) in [4.78, 5) is 12.1. The van der Waals surface area contributed by atoms with Crippen LogP contribution < -0.4 is 11.1 Å². The van der Waals surface area contributed by atoms with Crippen molar-refractivity contribution in [2.45, 2.75) is 24.7 Å². The van der Waals surface area contributed by atoms with Gasteiger partial charge in [0.25, 0.3) is 0 Å². The van der Waals surface area contributed by atoms with Gasteiger partial charge < -0.3 is 15.8 Å². The van der Waals surface area contributed by atoms with E-state index in [1.165, 1.54) is 0 Å². The fraction of sp³-hybridized carbons (Fsp3) is 0.583. The summed E-state index contributed by atoms with van der Waals surface area (Å²) >= 11 is 1.10. The molecular formula is C12H20N2O4S2. The molecule has 0 atom stereocenters. The van der Waals surface area contributed by atoms with Crippen LogP contribution in [-0.4, -0.2) is 40.7 Å². The van der Waals surface area contributed by atoms with Crippen LogP contribution in [-0.2, 0) is 14.6 Å². The van der Waals surface area contributed by atoms with Crippen LogP contribution in [0.5, 0.6) is 0 Å². The number of nitrogens with one attached hydrogen (secondary N) is 1. The number of Topliss-reactive ketones (excluding diaryl/α,β-unsaturated/α-hetero) is 1. The molecule has 1 rings (SSSR count). The lowest BCUT2D eigenvalue weighted by atomic mass is 10.2. The van der Waals surface area contributed by atoms with Gasteiger partial charge in [0.05, 0.1) is 10.6 Å². The summed E-state index contributed by atoms with van der Waals surface area (Å²) in [5.74, 6) is -0.151. The Morgan fingerprint density at radius 3 is 2.60 bits per heavy atom. The Balaban J connectivity index is 3.11. The van der Waals surface area contributed by atoms with E-state index in [9.17, 15) is 13.2 Å². The number of ketones is 1. The molecule has 1 aromatic rings. The van der Waals surface area contributed by atoms with E-state index >= 15 is 0 Å². The van der Waals surface area contributed by atoms with Crippen LogP contribution in [0.4, 0.5) is 10.7 Å². The summed E-state index contributed by atoms with van der Waals surface area (Å²) in [6, 6.07) is 0. The Labute approximate surface area is 123 Å². The normalized spacial score (nSPS) is 11.6. The summed E-state index contributed by atoms with van der Waals surface area (Å²) in [6.07, 6.45) is 2.11. The van der Waals surface area contributed by atoms with Crippen molar-refractivity contribution in [2.24, 2.45) is 0 Å². The van der Waals surface area contributed by atoms with Gasteiger partial charge in [-0.1, -0.05) is 6.92 Å². The molecular weight excluding hydrogens is 300 g/mol. The van der Waals surface area contributed by atoms with Gasteiger partial charge >= 0.3 is 0 Å². The highest BCUT2D eigenvalue weighted by Crippen LogP contribution is 2.39. The molecule has 8 heteroatoms. The molecule has 0 unspecified atom stereocenters. The smallest absolute Gasteiger partial charge is 0.180 e. The quantitative estimate of drug-likeness (QED) is 0.559. The highest BCUT2D eigenvalue weighted by Gasteiger charge is 2.26. The van der Waals surface area contributed by atoms with Crippen molar-refractivity contribution < 1.29 is 17.9 Å². The molecule has 0 aliphatic heterocycles. The Morgan fingerprint density at radius 2 is 2.10 bits per heavy atom. The molecule has 1 aromatic heterocycles. The first-order valence-corrected chi connectivity index (χ1v) is 8.92. The largest absolute Gasteiger partial charge is 0.396 e. The summed E-state index contributed by atoms with van der Waals surface area (Å²) in [7, 11) is -1.89. The monoisotopic (exact) mass is 320 g/mol. The SMILES string of the molecule is CCC(=O)c1sc(NCCCOC)c(S(C)(=O)=O)c1N. The van der Waals surface area contributed by atoms with Crippen molar-refractivity contribution in [3.05, 3.63) is 4.88 Å². The molecule has 0 amide bonds. The minimum absolute atomic E-state index is 0.0247. The topological polar surface area (TPSA) is 98.5 Å². The van der Waals surface area contributed by atoms with Crippen molar-refractivity contribution in [3.63, 3.8) is 0 Å². The minimum Gasteiger partial charge on any atom is -0.396 e. The van der Waals surface area contributed by atoms with Crippen LogP contribution in [0.2, 0.25) is 0 Å². The summed E-state index contributed by atoms with van der Waals surface area (Å²) < 4.78 is 28.6. The van der Waals surface area contributed by atoms with E-state index in [0.29, 0.717) is 23.0 Å². The molecule has 6 nitrogen and oxygen atoms in total. The molecule has 0 bridgehead atoms. The van der Waals surface area contributed by atoms with Crippen LogP contribution in [0.25, 0.3) is 0 Å². The van der Waals surface area contributed by atoms with Crippen LogP contribution in [0.15, 0.2) is 4.90 Å². The number of hydrogen-bond acceptors (Lipinski definition) is 7. The number of carbonyl (C=O) groups excluding carboxylic acids is 1. The van der Waals surface area contributed by atoms with E-state index in [4.69, 9.17) is 10.5 Å². The standard InChI is InChI=1S/C12H20N2O4S2/c1-4-8(15)10-9(13)11(20(3,16)17)12(19-10)14-6-5-7-18-2/h14H,4-7,13H2,1-3H3. The van der Waals surface area contributed by atoms with Gasteiger partial charge in [-0.15, -0.1) is 11.3 Å². The summed E-state index contributed by atoms with van der Waals surface area (Å²) in [5.41, 5.74) is 5.90. The van der Waals surface area contributed by atoms with E-state index in [-0.39, 0.29) is 22.8 Å². The number of methoxy groups -OCH3 is 1. The van der Waals surface area contributed by atoms with Crippen LogP contribution in [0.3, 0.4) is 0 Å². The molecule has 0 spiro atoms. The Kier molecular flexibility index (Phi) is 5.97. The van der Waals surface area contributed by atoms with Gasteiger partial charge in [-0.3, -0.25) is 4.79 Å². The number of ether oxygens (including phenoxy) is 1. The molecule has 0 radical (unpaired) electrons. The highest BCUT2D eigenvalue weighted by molar-refractivity contribution is 7.91. The average molecular weight is 320 g/mol. The van der Waals surface area contributed by atoms with Gasteiger partial charge in [0.2, 0.25) is 0 Å². The first-order valence-electron chi connectivity index (χ1n) is 6.21. The zero-order chi connectivity index (χ0) is 15.3. The number of sulfone groups is 1. The third kappa shape index (κ3) is 3.94. The van der Waals surface area contributed by atoms with E-state index in [2.05, 4.69) is 5.32 Å². The van der Waals surface area contributed by atoms with Gasteiger partial charge in [0, 0.05) is 32.9 Å². The summed E-state index contributed by atoms with van der Waals surface area (Å²) in [6.45, 7) is 2.84. The molecule has 0 aliphatic rings. The second-order valence-corrected chi connectivity index (χ2v) is 7.30. The number of rotatable bonds is 8. The fourth-order valence-electron chi connectivity index (χ4n) is 1.70. The molecule has 0 aromatic carbocycles. The second kappa shape index (κ2) is 7.05. The third-order valence-corrected chi connectivity index (χ3v) is 5.15. The van der Waals surface area contributed by atoms with Crippen molar-refractivity contribution in [1.82, 2.24) is 0 Å². The van der Waals surface area contributed by atoms with E-state index in [1.807, 2.05) is 0 Å². The average Bonchev–Trinajstić information content (AvgIpc) is 2.70. The van der Waals surface area contributed by atoms with Crippen LogP contribution in [0, 0.1) is 0 Å². The molecule has 3 N–H and O–H groups in total. The Hall–Kier alpha value is -1.12. The number of thiophene rings is 1. The van der Waals surface area contributed by atoms with Crippen molar-refractivity contribution in [2.75, 3.05) is 37.6 Å². The molecule has 0 aliphatic carbocycles. The van der Waals surface area contributed by atoms with Gasteiger partial charge in [0.1, 0.15) is 9.90 Å². The highest BCUT2D eigenvalue weighted by atomic mass is 32.2. The zero-order valence-corrected chi connectivity index (χ0v) is 13.5. The lowest BCUT2D eigenvalue weighted by Gasteiger charge is -2.06. The van der Waals surface area contributed by atoms with Gasteiger partial charge in [-0.2, -0.15) is 0 Å². The number of anilines is 2. The first kappa shape index (κ1) is 16.9. The maximum atomic E-state index is 11.8. The lowest BCUT2D eigenvalue weighted by molar-refractivity contribution is 0.0992. The maximum Gasteiger partial charge on any atom is 0.180 e. The number of nitrogen functional groups attached to an aromatic ring is 1. The minimum atomic E-state index is -3.49. The third-order valence-electron chi connectivity index (χ3n) is 2.66. The van der Waals surface area contributed by atoms with E-state index < -0.39 is 9.84 Å². The first-order chi connectivity index (χ1) is 9.32. The molecule has 0 saturated carbocycles. The Bertz CT molecular complexity index is 579. The number of hydrogen-bond donors (Lipinski definition) is 2. The van der Waals surface area contributed by atoms with Crippen molar-refractivity contribution in [3.8, 4) is 0 Å². The summed E-state index contributed by atoms with van der Waals surface area (Å²) in [5, 5.41) is 3.45. The molecule has 1 heterocycles. The van der Waals surface area contributed by atoms with Gasteiger partial charge in [0.15, 0.2) is 15.6 Å². The number of nitrogens with two attached hydrogens (primary N) is 1. The predicted molar refractivity (Wildman–Crippen MR) is 81.4 cm³/mol. The molecule has 20 heavy (non-hydrogen) atoms. The maximum absolute atomic E-state index is 11.8. The predicted octanol–water partition coefficient (Wildman–Crippen LogP) is 1.77. The van der Waals surface area contributed by atoms with Crippen LogP contribution in [0.1, 0.15) is 29.4 Å². The van der Waals surface area contributed by atoms with Gasteiger partial charge in [-0.05, 0) is 6.42 Å². The fourth-order valence-corrected chi connectivity index (χ4v) is 4.30. The second-order valence-electron chi connectivity index (χ2n) is 4.33. The number of carbonyl (C=O) groups is 1. The van der Waals surface area contributed by atoms with Gasteiger partial charge in [-0.25, -0.2) is 8.42 Å². The zero-order valence-electron chi connectivity index (χ0n) is 11.9. The van der Waals surface area contributed by atoms with E-state index in [0.717, 1.165) is 24.0 Å². The Morgan fingerprint density at radius 1 is 1.45 bits per heavy atom. The lowest BCUT2D eigenvalue weighted by Crippen LogP contribution is -2.08.